The molecule has 0 aliphatic carbocycles. The molecule has 2 aromatic rings. The van der Waals surface area contributed by atoms with E-state index in [0.717, 1.165) is 12.5 Å². The first-order chi connectivity index (χ1) is 9.56. The fourth-order valence-corrected chi connectivity index (χ4v) is 2.19. The van der Waals surface area contributed by atoms with Gasteiger partial charge in [-0.05, 0) is 37.5 Å². The van der Waals surface area contributed by atoms with E-state index in [1.165, 1.54) is 23.3 Å². The molecule has 1 atom stereocenters. The summed E-state index contributed by atoms with van der Waals surface area (Å²) in [4.78, 5) is 0. The van der Waals surface area contributed by atoms with Gasteiger partial charge in [0, 0.05) is 24.2 Å². The molecule has 0 fully saturated rings. The predicted molar refractivity (Wildman–Crippen MR) is 77.5 cm³/mol. The largest absolute Gasteiger partial charge is 0.310 e. The van der Waals surface area contributed by atoms with E-state index in [1.54, 1.807) is 0 Å². The van der Waals surface area contributed by atoms with Crippen LogP contribution in [0.25, 0.3) is 0 Å². The zero-order valence-electron chi connectivity index (χ0n) is 11.8. The first kappa shape index (κ1) is 14.7. The highest BCUT2D eigenvalue weighted by Gasteiger charge is 2.08. The summed E-state index contributed by atoms with van der Waals surface area (Å²) >= 11 is 0. The Balaban J connectivity index is 1.92. The molecule has 1 nitrogen and oxygen atoms in total. The van der Waals surface area contributed by atoms with E-state index < -0.39 is 11.6 Å². The van der Waals surface area contributed by atoms with Crippen LogP contribution in [0.5, 0.6) is 0 Å². The average Bonchev–Trinajstić information content (AvgIpc) is 2.40. The van der Waals surface area contributed by atoms with E-state index in [4.69, 9.17) is 0 Å². The molecule has 1 N–H and O–H groups in total. The topological polar surface area (TPSA) is 12.0 Å². The van der Waals surface area contributed by atoms with E-state index in [-0.39, 0.29) is 6.04 Å². The number of nitrogens with one attached hydrogen (secondary N) is 1. The molecule has 0 saturated heterocycles. The molecule has 3 heteroatoms. The maximum absolute atomic E-state index is 13.5. The van der Waals surface area contributed by atoms with Gasteiger partial charge in [-0.2, -0.15) is 0 Å². The number of halogens is 2. The van der Waals surface area contributed by atoms with Crippen molar-refractivity contribution in [1.82, 2.24) is 5.32 Å². The molecule has 0 aliphatic heterocycles. The maximum Gasteiger partial charge on any atom is 0.130 e. The Hall–Kier alpha value is -1.74. The molecular formula is C17H19F2N. The smallest absolute Gasteiger partial charge is 0.130 e. The monoisotopic (exact) mass is 275 g/mol. The summed E-state index contributed by atoms with van der Waals surface area (Å²) in [6.45, 7) is 4.55. The van der Waals surface area contributed by atoms with Gasteiger partial charge in [-0.15, -0.1) is 0 Å². The normalized spacial score (nSPS) is 12.4. The standard InChI is InChI=1S/C17H19F2N/c1-12-5-3-4-6-14(12)9-13(2)20-11-15-7-8-16(18)10-17(15)19/h3-8,10,13,20H,9,11H2,1-2H3. The lowest BCUT2D eigenvalue weighted by atomic mass is 10.0. The summed E-state index contributed by atoms with van der Waals surface area (Å²) in [7, 11) is 0. The van der Waals surface area contributed by atoms with Gasteiger partial charge in [0.2, 0.25) is 0 Å². The fraction of sp³-hybridized carbons (Fsp3) is 0.294. The molecular weight excluding hydrogens is 256 g/mol. The molecule has 1 unspecified atom stereocenters. The van der Waals surface area contributed by atoms with Crippen molar-refractivity contribution in [3.8, 4) is 0 Å². The highest BCUT2D eigenvalue weighted by Crippen LogP contribution is 2.12. The lowest BCUT2D eigenvalue weighted by molar-refractivity contribution is 0.518. The van der Waals surface area contributed by atoms with Gasteiger partial charge in [0.15, 0.2) is 0 Å². The lowest BCUT2D eigenvalue weighted by Crippen LogP contribution is -2.28. The number of aryl methyl sites for hydroxylation is 1. The molecule has 0 bridgehead atoms. The van der Waals surface area contributed by atoms with Crippen LogP contribution in [-0.2, 0) is 13.0 Å². The third-order valence-electron chi connectivity index (χ3n) is 3.44. The first-order valence-corrected chi connectivity index (χ1v) is 6.78. The Morgan fingerprint density at radius 3 is 2.50 bits per heavy atom. The molecule has 0 aromatic heterocycles. The van der Waals surface area contributed by atoms with E-state index in [9.17, 15) is 8.78 Å². The second-order valence-electron chi connectivity index (χ2n) is 5.15. The van der Waals surface area contributed by atoms with Crippen LogP contribution in [-0.4, -0.2) is 6.04 Å². The van der Waals surface area contributed by atoms with Gasteiger partial charge in [-0.3, -0.25) is 0 Å². The van der Waals surface area contributed by atoms with Gasteiger partial charge >= 0.3 is 0 Å². The SMILES string of the molecule is Cc1ccccc1CC(C)NCc1ccc(F)cc1F. The zero-order valence-corrected chi connectivity index (χ0v) is 11.8. The van der Waals surface area contributed by atoms with Crippen LogP contribution in [0.15, 0.2) is 42.5 Å². The van der Waals surface area contributed by atoms with Gasteiger partial charge in [0.1, 0.15) is 11.6 Å². The van der Waals surface area contributed by atoms with E-state index in [2.05, 4.69) is 31.3 Å². The van der Waals surface area contributed by atoms with Gasteiger partial charge in [-0.1, -0.05) is 30.3 Å². The molecule has 2 aromatic carbocycles. The van der Waals surface area contributed by atoms with Crippen molar-refractivity contribution >= 4 is 0 Å². The van der Waals surface area contributed by atoms with Crippen LogP contribution in [0.4, 0.5) is 8.78 Å². The molecule has 0 heterocycles. The van der Waals surface area contributed by atoms with Gasteiger partial charge in [0.05, 0.1) is 0 Å². The summed E-state index contributed by atoms with van der Waals surface area (Å²) < 4.78 is 26.3. The lowest BCUT2D eigenvalue weighted by Gasteiger charge is -2.15. The number of rotatable bonds is 5. The molecule has 0 amide bonds. The maximum atomic E-state index is 13.5. The zero-order chi connectivity index (χ0) is 14.5. The molecule has 0 radical (unpaired) electrons. The van der Waals surface area contributed by atoms with Crippen molar-refractivity contribution in [2.45, 2.75) is 32.9 Å². The van der Waals surface area contributed by atoms with Crippen molar-refractivity contribution in [2.24, 2.45) is 0 Å². The van der Waals surface area contributed by atoms with Crippen LogP contribution in [0, 0.1) is 18.6 Å². The molecule has 0 saturated carbocycles. The number of benzene rings is 2. The Kier molecular flexibility index (Phi) is 4.85. The molecule has 20 heavy (non-hydrogen) atoms. The number of hydrogen-bond donors (Lipinski definition) is 1. The third-order valence-corrected chi connectivity index (χ3v) is 3.44. The quantitative estimate of drug-likeness (QED) is 0.870. The minimum absolute atomic E-state index is 0.223. The summed E-state index contributed by atoms with van der Waals surface area (Å²) in [6.07, 6.45) is 0.884. The Labute approximate surface area is 118 Å². The molecule has 2 rings (SSSR count). The molecule has 0 aliphatic rings. The summed E-state index contributed by atoms with van der Waals surface area (Å²) in [5.41, 5.74) is 3.03. The van der Waals surface area contributed by atoms with Crippen LogP contribution in [0.1, 0.15) is 23.6 Å². The summed E-state index contributed by atoms with van der Waals surface area (Å²) in [5.74, 6) is -1.04. The highest BCUT2D eigenvalue weighted by atomic mass is 19.1. The van der Waals surface area contributed by atoms with Gasteiger partial charge in [-0.25, -0.2) is 8.78 Å². The van der Waals surface area contributed by atoms with Crippen LogP contribution in [0.3, 0.4) is 0 Å². The van der Waals surface area contributed by atoms with Crippen molar-refractivity contribution in [3.63, 3.8) is 0 Å². The summed E-state index contributed by atoms with van der Waals surface area (Å²) in [5, 5.41) is 3.27. The van der Waals surface area contributed by atoms with Crippen LogP contribution in [0.2, 0.25) is 0 Å². The Morgan fingerprint density at radius 1 is 1.05 bits per heavy atom. The Morgan fingerprint density at radius 2 is 1.80 bits per heavy atom. The van der Waals surface area contributed by atoms with E-state index >= 15 is 0 Å². The van der Waals surface area contributed by atoms with Crippen molar-refractivity contribution in [3.05, 3.63) is 70.8 Å². The predicted octanol–water partition coefficient (Wildman–Crippen LogP) is 3.99. The molecule has 0 spiro atoms. The first-order valence-electron chi connectivity index (χ1n) is 6.78. The minimum Gasteiger partial charge on any atom is -0.310 e. The number of hydrogen-bond acceptors (Lipinski definition) is 1. The van der Waals surface area contributed by atoms with Crippen LogP contribution >= 0.6 is 0 Å². The van der Waals surface area contributed by atoms with Crippen molar-refractivity contribution < 1.29 is 8.78 Å². The molecule has 106 valence electrons. The fourth-order valence-electron chi connectivity index (χ4n) is 2.19. The highest BCUT2D eigenvalue weighted by molar-refractivity contribution is 5.26. The minimum atomic E-state index is -0.542. The van der Waals surface area contributed by atoms with Crippen LogP contribution < -0.4 is 5.32 Å². The van der Waals surface area contributed by atoms with E-state index in [1.807, 2.05) is 12.1 Å². The van der Waals surface area contributed by atoms with Crippen molar-refractivity contribution in [2.75, 3.05) is 0 Å². The second-order valence-corrected chi connectivity index (χ2v) is 5.15. The van der Waals surface area contributed by atoms with Gasteiger partial charge < -0.3 is 5.32 Å². The average molecular weight is 275 g/mol. The summed E-state index contributed by atoms with van der Waals surface area (Å²) in [6, 6.07) is 12.1. The second kappa shape index (κ2) is 6.62. The van der Waals surface area contributed by atoms with Gasteiger partial charge in [0.25, 0.3) is 0 Å². The van der Waals surface area contributed by atoms with Crippen molar-refractivity contribution in [1.29, 1.82) is 0 Å². The Bertz CT molecular complexity index is 581. The third kappa shape index (κ3) is 3.87. The van der Waals surface area contributed by atoms with E-state index in [0.29, 0.717) is 12.1 Å².